The van der Waals surface area contributed by atoms with Gasteiger partial charge in [-0.15, -0.1) is 0 Å². The van der Waals surface area contributed by atoms with E-state index in [9.17, 15) is 8.42 Å². The van der Waals surface area contributed by atoms with Crippen LogP contribution in [0.3, 0.4) is 0 Å². The largest absolute Gasteiger partial charge is 0.359 e. The molecule has 5 nitrogen and oxygen atoms in total. The second kappa shape index (κ2) is 5.48. The van der Waals surface area contributed by atoms with E-state index < -0.39 is 10.0 Å². The van der Waals surface area contributed by atoms with Crippen LogP contribution in [-0.4, -0.2) is 13.4 Å². The Bertz CT molecular complexity index is 986. The molecule has 0 amide bonds. The van der Waals surface area contributed by atoms with Gasteiger partial charge in [-0.1, -0.05) is 40.2 Å². The third kappa shape index (κ3) is 2.58. The van der Waals surface area contributed by atoms with Gasteiger partial charge in [0.15, 0.2) is 5.69 Å². The number of H-pyrrole nitrogens is 1. The summed E-state index contributed by atoms with van der Waals surface area (Å²) in [6, 6.07) is 11.1. The Balaban J connectivity index is 2.01. The van der Waals surface area contributed by atoms with Crippen LogP contribution in [0.4, 0.5) is 11.4 Å². The Kier molecular flexibility index (Phi) is 3.64. The molecule has 0 saturated carbocycles. The molecule has 3 rings (SSSR count). The molecule has 0 fully saturated rings. The van der Waals surface area contributed by atoms with E-state index in [-0.39, 0.29) is 4.90 Å². The zero-order chi connectivity index (χ0) is 15.7. The Hall–Kier alpha value is -2.30. The van der Waals surface area contributed by atoms with Crippen molar-refractivity contribution in [2.75, 3.05) is 4.72 Å². The highest BCUT2D eigenvalue weighted by Crippen LogP contribution is 2.30. The number of hydrogen-bond acceptors (Lipinski definition) is 2. The van der Waals surface area contributed by atoms with Crippen molar-refractivity contribution in [1.29, 1.82) is 0 Å². The quantitative estimate of drug-likeness (QED) is 0.670. The minimum absolute atomic E-state index is 0.113. The summed E-state index contributed by atoms with van der Waals surface area (Å²) in [5.74, 6) is 0. The van der Waals surface area contributed by atoms with E-state index >= 15 is 0 Å². The maximum atomic E-state index is 12.4. The molecule has 0 spiro atoms. The Morgan fingerprint density at radius 1 is 1.09 bits per heavy atom. The first kappa shape index (κ1) is 14.6. The number of fused-ring (bicyclic) bond motifs is 1. The molecule has 0 saturated heterocycles. The fraction of sp³-hybridized carbons (Fsp3) is 0. The van der Waals surface area contributed by atoms with E-state index in [0.29, 0.717) is 16.9 Å². The lowest BCUT2D eigenvalue weighted by Crippen LogP contribution is -2.13. The van der Waals surface area contributed by atoms with Gasteiger partial charge < -0.3 is 4.98 Å². The number of anilines is 1. The number of aromatic nitrogens is 1. The number of rotatable bonds is 3. The molecule has 110 valence electrons. The van der Waals surface area contributed by atoms with Gasteiger partial charge in [0.25, 0.3) is 10.0 Å². The van der Waals surface area contributed by atoms with Crippen molar-refractivity contribution in [1.82, 2.24) is 4.98 Å². The van der Waals surface area contributed by atoms with Gasteiger partial charge in [0.1, 0.15) is 0 Å². The van der Waals surface area contributed by atoms with Gasteiger partial charge in [0, 0.05) is 16.1 Å². The normalized spacial score (nSPS) is 11.3. The van der Waals surface area contributed by atoms with E-state index in [1.807, 2.05) is 6.07 Å². The van der Waals surface area contributed by atoms with Crippen LogP contribution in [-0.2, 0) is 10.0 Å². The van der Waals surface area contributed by atoms with Gasteiger partial charge in [-0.2, -0.15) is 0 Å². The van der Waals surface area contributed by atoms with Gasteiger partial charge in [0.2, 0.25) is 0 Å². The van der Waals surface area contributed by atoms with E-state index in [4.69, 9.17) is 6.57 Å². The molecule has 1 aromatic heterocycles. The highest BCUT2D eigenvalue weighted by Gasteiger charge is 2.16. The third-order valence-electron chi connectivity index (χ3n) is 3.19. The Morgan fingerprint density at radius 2 is 1.82 bits per heavy atom. The van der Waals surface area contributed by atoms with Crippen molar-refractivity contribution in [2.45, 2.75) is 4.90 Å². The third-order valence-corrected chi connectivity index (χ3v) is 5.26. The molecule has 0 aliphatic rings. The first-order valence-corrected chi connectivity index (χ1v) is 8.55. The second-order valence-electron chi connectivity index (χ2n) is 4.57. The molecular formula is C15H10BrN3O2S. The van der Waals surface area contributed by atoms with Crippen molar-refractivity contribution in [3.63, 3.8) is 0 Å². The monoisotopic (exact) mass is 375 g/mol. The molecular weight excluding hydrogens is 366 g/mol. The van der Waals surface area contributed by atoms with Gasteiger partial charge in [-0.25, -0.2) is 13.3 Å². The summed E-state index contributed by atoms with van der Waals surface area (Å²) in [4.78, 5) is 6.38. The summed E-state index contributed by atoms with van der Waals surface area (Å²) in [7, 11) is -3.71. The predicted octanol–water partition coefficient (Wildman–Crippen LogP) is 4.28. The van der Waals surface area contributed by atoms with E-state index in [2.05, 4.69) is 30.5 Å². The van der Waals surface area contributed by atoms with Crippen LogP contribution in [0.5, 0.6) is 0 Å². The predicted molar refractivity (Wildman–Crippen MR) is 89.5 cm³/mol. The van der Waals surface area contributed by atoms with Gasteiger partial charge in [0.05, 0.1) is 22.7 Å². The van der Waals surface area contributed by atoms with E-state index in [1.165, 1.54) is 24.3 Å². The molecule has 1 heterocycles. The molecule has 7 heteroatoms. The van der Waals surface area contributed by atoms with Crippen LogP contribution in [0.2, 0.25) is 0 Å². The first-order valence-electron chi connectivity index (χ1n) is 6.27. The molecule has 0 bridgehead atoms. The van der Waals surface area contributed by atoms with Crippen molar-refractivity contribution in [3.8, 4) is 0 Å². The summed E-state index contributed by atoms with van der Waals surface area (Å²) in [5, 5.41) is 0.892. The van der Waals surface area contributed by atoms with Crippen LogP contribution in [0, 0.1) is 6.57 Å². The van der Waals surface area contributed by atoms with Gasteiger partial charge >= 0.3 is 0 Å². The lowest BCUT2D eigenvalue weighted by Gasteiger charge is -2.10. The molecule has 0 aliphatic carbocycles. The average molecular weight is 376 g/mol. The highest BCUT2D eigenvalue weighted by atomic mass is 79.9. The van der Waals surface area contributed by atoms with Gasteiger partial charge in [-0.05, 0) is 18.2 Å². The summed E-state index contributed by atoms with van der Waals surface area (Å²) in [5.41, 5.74) is 1.57. The second-order valence-corrected chi connectivity index (χ2v) is 7.11. The minimum Gasteiger partial charge on any atom is -0.359 e. The first-order chi connectivity index (χ1) is 10.5. The van der Waals surface area contributed by atoms with Crippen LogP contribution >= 0.6 is 15.9 Å². The van der Waals surface area contributed by atoms with Crippen LogP contribution in [0.1, 0.15) is 0 Å². The molecule has 22 heavy (non-hydrogen) atoms. The molecule has 0 unspecified atom stereocenters. The van der Waals surface area contributed by atoms with E-state index in [1.54, 1.807) is 18.3 Å². The standard InChI is InChI=1S/C15H10BrN3O2S/c1-17-10-2-4-11(5-3-10)22(20,21)19-14-7-6-13(16)12-8-9-18-15(12)14/h2-9,18-19H. The number of hydrogen-bond donors (Lipinski definition) is 2. The Morgan fingerprint density at radius 3 is 2.50 bits per heavy atom. The zero-order valence-corrected chi connectivity index (χ0v) is 13.6. The molecule has 2 aromatic carbocycles. The fourth-order valence-electron chi connectivity index (χ4n) is 2.11. The maximum absolute atomic E-state index is 12.4. The maximum Gasteiger partial charge on any atom is 0.261 e. The summed E-state index contributed by atoms with van der Waals surface area (Å²) < 4.78 is 28.3. The summed E-state index contributed by atoms with van der Waals surface area (Å²) in [6.07, 6.45) is 1.75. The topological polar surface area (TPSA) is 66.3 Å². The van der Waals surface area contributed by atoms with Crippen molar-refractivity contribution >= 4 is 48.2 Å². The lowest BCUT2D eigenvalue weighted by molar-refractivity contribution is 0.601. The summed E-state index contributed by atoms with van der Waals surface area (Å²) >= 11 is 3.43. The van der Waals surface area contributed by atoms with Crippen LogP contribution < -0.4 is 4.72 Å². The molecule has 0 aliphatic heterocycles. The number of halogens is 1. The smallest absolute Gasteiger partial charge is 0.261 e. The van der Waals surface area contributed by atoms with Crippen LogP contribution in [0.15, 0.2) is 58.0 Å². The lowest BCUT2D eigenvalue weighted by atomic mass is 10.2. The fourth-order valence-corrected chi connectivity index (χ4v) is 3.64. The molecule has 0 atom stereocenters. The average Bonchev–Trinajstić information content (AvgIpc) is 3.01. The highest BCUT2D eigenvalue weighted by molar-refractivity contribution is 9.10. The number of nitrogens with zero attached hydrogens (tertiary/aromatic N) is 1. The van der Waals surface area contributed by atoms with Crippen molar-refractivity contribution in [3.05, 3.63) is 64.6 Å². The van der Waals surface area contributed by atoms with Crippen LogP contribution in [0.25, 0.3) is 15.7 Å². The van der Waals surface area contributed by atoms with E-state index in [0.717, 1.165) is 9.86 Å². The number of aromatic amines is 1. The minimum atomic E-state index is -3.71. The SMILES string of the molecule is [C-]#[N+]c1ccc(S(=O)(=O)Nc2ccc(Br)c3cc[nH]c23)cc1. The zero-order valence-electron chi connectivity index (χ0n) is 11.2. The Labute approximate surface area is 136 Å². The molecule has 2 N–H and O–H groups in total. The van der Waals surface area contributed by atoms with Crippen molar-refractivity contribution < 1.29 is 8.42 Å². The van der Waals surface area contributed by atoms with Crippen molar-refractivity contribution in [2.24, 2.45) is 0 Å². The summed E-state index contributed by atoms with van der Waals surface area (Å²) in [6.45, 7) is 6.89. The molecule has 3 aromatic rings. The number of sulfonamides is 1. The van der Waals surface area contributed by atoms with Gasteiger partial charge in [-0.3, -0.25) is 4.72 Å². The number of nitrogens with one attached hydrogen (secondary N) is 2. The number of benzene rings is 2. The molecule has 0 radical (unpaired) electrons.